The Morgan fingerprint density at radius 1 is 0.629 bits per heavy atom. The fourth-order valence-electron chi connectivity index (χ4n) is 2.94. The van der Waals surface area contributed by atoms with Gasteiger partial charge in [0.25, 0.3) is 0 Å². The van der Waals surface area contributed by atoms with Gasteiger partial charge in [0.2, 0.25) is 0 Å². The monoisotopic (exact) mass is 473 g/mol. The Morgan fingerprint density at radius 2 is 1.17 bits per heavy atom. The van der Waals surface area contributed by atoms with Gasteiger partial charge in [0, 0.05) is 29.7 Å². The predicted molar refractivity (Wildman–Crippen MR) is 156 cm³/mol. The van der Waals surface area contributed by atoms with E-state index >= 15 is 0 Å². The van der Waals surface area contributed by atoms with Crippen LogP contribution in [0, 0.1) is 0 Å². The standard InChI is InChI=1S/C22H19N3.C4H10.3C2H6/c1-2-17-8-10-18(11-9-17)21-16-25(20-6-4-3-5-7-20)24-22(21)19-12-14-23-15-13-19;1-3-4-2;3*1-2/h3-16H,2H2,1H3;3-4H2,1-2H3;3*1-2H3. The summed E-state index contributed by atoms with van der Waals surface area (Å²) in [6, 6.07) is 22.9. The van der Waals surface area contributed by atoms with Crippen LogP contribution in [-0.2, 0) is 6.42 Å². The second kappa shape index (κ2) is 20.2. The van der Waals surface area contributed by atoms with Crippen molar-refractivity contribution in [3.8, 4) is 28.1 Å². The first-order valence-corrected chi connectivity index (χ1v) is 13.4. The molecule has 0 atom stereocenters. The Balaban J connectivity index is 0.00000102. The molecule has 0 saturated carbocycles. The molecule has 0 aliphatic rings. The number of unbranched alkanes of at least 4 members (excludes halogenated alkanes) is 1. The lowest BCUT2D eigenvalue weighted by Crippen LogP contribution is -1.93. The molecule has 0 bridgehead atoms. The van der Waals surface area contributed by atoms with Crippen molar-refractivity contribution in [3.63, 3.8) is 0 Å². The average Bonchev–Trinajstić information content (AvgIpc) is 3.43. The molecular formula is C32H47N3. The van der Waals surface area contributed by atoms with E-state index in [1.165, 1.54) is 24.0 Å². The highest BCUT2D eigenvalue weighted by atomic mass is 15.3. The van der Waals surface area contributed by atoms with Crippen molar-refractivity contribution in [2.24, 2.45) is 0 Å². The van der Waals surface area contributed by atoms with E-state index < -0.39 is 0 Å². The van der Waals surface area contributed by atoms with Crippen molar-refractivity contribution in [2.75, 3.05) is 0 Å². The minimum atomic E-state index is 0.968. The van der Waals surface area contributed by atoms with Crippen LogP contribution in [0.4, 0.5) is 0 Å². The lowest BCUT2D eigenvalue weighted by atomic mass is 10.0. The Bertz CT molecular complexity index is 986. The molecule has 0 N–H and O–H groups in total. The van der Waals surface area contributed by atoms with Crippen molar-refractivity contribution in [3.05, 3.63) is 90.9 Å². The maximum atomic E-state index is 4.86. The van der Waals surface area contributed by atoms with E-state index in [1.54, 1.807) is 12.4 Å². The normalized spacial score (nSPS) is 9.06. The van der Waals surface area contributed by atoms with Crippen LogP contribution in [0.2, 0.25) is 0 Å². The summed E-state index contributed by atoms with van der Waals surface area (Å²) in [5, 5.41) is 4.86. The molecule has 0 saturated heterocycles. The maximum Gasteiger partial charge on any atom is 0.101 e. The molecule has 4 aromatic rings. The van der Waals surface area contributed by atoms with E-state index in [-0.39, 0.29) is 0 Å². The van der Waals surface area contributed by atoms with Gasteiger partial charge in [-0.1, -0.05) is 118 Å². The van der Waals surface area contributed by atoms with E-state index in [1.807, 2.05) is 76.6 Å². The first-order valence-electron chi connectivity index (χ1n) is 13.4. The largest absolute Gasteiger partial charge is 0.265 e. The SMILES string of the molecule is CC.CC.CC.CCCC.CCc1ccc(-c2cn(-c3ccccc3)nc2-c2ccncc2)cc1. The smallest absolute Gasteiger partial charge is 0.101 e. The van der Waals surface area contributed by atoms with E-state index in [0.29, 0.717) is 0 Å². The van der Waals surface area contributed by atoms with Crippen LogP contribution < -0.4 is 0 Å². The molecular weight excluding hydrogens is 426 g/mol. The predicted octanol–water partition coefficient (Wildman–Crippen LogP) is 10.0. The third kappa shape index (κ3) is 10.3. The van der Waals surface area contributed by atoms with Gasteiger partial charge >= 0.3 is 0 Å². The summed E-state index contributed by atoms with van der Waals surface area (Å²) >= 11 is 0. The number of nitrogens with zero attached hydrogens (tertiary/aromatic N) is 3. The number of aryl methyl sites for hydroxylation is 1. The molecule has 3 heteroatoms. The van der Waals surface area contributed by atoms with Crippen LogP contribution in [0.1, 0.15) is 80.7 Å². The number of pyridine rings is 1. The van der Waals surface area contributed by atoms with E-state index in [9.17, 15) is 0 Å². The zero-order chi connectivity index (χ0) is 26.5. The highest BCUT2D eigenvalue weighted by Gasteiger charge is 2.14. The van der Waals surface area contributed by atoms with E-state index in [4.69, 9.17) is 5.10 Å². The topological polar surface area (TPSA) is 30.7 Å². The lowest BCUT2D eigenvalue weighted by Gasteiger charge is -2.03. The molecule has 2 aromatic heterocycles. The summed E-state index contributed by atoms with van der Waals surface area (Å²) in [5.74, 6) is 0. The second-order valence-electron chi connectivity index (χ2n) is 6.96. The summed E-state index contributed by atoms with van der Waals surface area (Å²) in [6.45, 7) is 18.5. The van der Waals surface area contributed by atoms with Gasteiger partial charge in [0.1, 0.15) is 5.69 Å². The summed E-state index contributed by atoms with van der Waals surface area (Å²) < 4.78 is 1.94. The highest BCUT2D eigenvalue weighted by Crippen LogP contribution is 2.32. The molecule has 0 aliphatic carbocycles. The summed E-state index contributed by atoms with van der Waals surface area (Å²) in [5.41, 5.74) is 6.72. The van der Waals surface area contributed by atoms with Gasteiger partial charge in [-0.2, -0.15) is 5.10 Å². The molecule has 0 radical (unpaired) electrons. The molecule has 0 aliphatic heterocycles. The van der Waals surface area contributed by atoms with Crippen molar-refractivity contribution < 1.29 is 0 Å². The van der Waals surface area contributed by atoms with Crippen LogP contribution in [0.25, 0.3) is 28.1 Å². The Kier molecular flexibility index (Phi) is 18.4. The third-order valence-corrected chi connectivity index (χ3v) is 4.86. The van der Waals surface area contributed by atoms with Gasteiger partial charge in [0.15, 0.2) is 0 Å². The van der Waals surface area contributed by atoms with Crippen LogP contribution >= 0.6 is 0 Å². The Hall–Kier alpha value is -3.20. The fourth-order valence-corrected chi connectivity index (χ4v) is 2.94. The first-order chi connectivity index (χ1) is 17.3. The third-order valence-electron chi connectivity index (χ3n) is 4.86. The molecule has 2 heterocycles. The lowest BCUT2D eigenvalue weighted by molar-refractivity contribution is 0.884. The molecule has 35 heavy (non-hydrogen) atoms. The maximum absolute atomic E-state index is 4.86. The Morgan fingerprint density at radius 3 is 1.66 bits per heavy atom. The number of rotatable bonds is 5. The summed E-state index contributed by atoms with van der Waals surface area (Å²) in [4.78, 5) is 4.13. The zero-order valence-corrected chi connectivity index (χ0v) is 23.5. The minimum absolute atomic E-state index is 0.968. The van der Waals surface area contributed by atoms with Crippen molar-refractivity contribution in [1.82, 2.24) is 14.8 Å². The molecule has 4 rings (SSSR count). The summed E-state index contributed by atoms with van der Waals surface area (Å²) in [7, 11) is 0. The van der Waals surface area contributed by atoms with Crippen LogP contribution in [-0.4, -0.2) is 14.8 Å². The van der Waals surface area contributed by atoms with Gasteiger partial charge in [-0.15, -0.1) is 0 Å². The molecule has 190 valence electrons. The van der Waals surface area contributed by atoms with Crippen LogP contribution in [0.5, 0.6) is 0 Å². The average molecular weight is 474 g/mol. The molecule has 0 spiro atoms. The molecule has 0 fully saturated rings. The van der Waals surface area contributed by atoms with Crippen LogP contribution in [0.15, 0.2) is 85.3 Å². The van der Waals surface area contributed by atoms with E-state index in [0.717, 1.165) is 28.9 Å². The first kappa shape index (κ1) is 31.8. The zero-order valence-electron chi connectivity index (χ0n) is 23.5. The number of aromatic nitrogens is 3. The fraction of sp³-hybridized carbons (Fsp3) is 0.375. The van der Waals surface area contributed by atoms with Gasteiger partial charge in [-0.05, 0) is 41.8 Å². The molecule has 0 amide bonds. The van der Waals surface area contributed by atoms with Crippen molar-refractivity contribution >= 4 is 0 Å². The second-order valence-corrected chi connectivity index (χ2v) is 6.96. The van der Waals surface area contributed by atoms with Gasteiger partial charge in [0.05, 0.1) is 5.69 Å². The molecule has 2 aromatic carbocycles. The number of para-hydroxylation sites is 1. The Labute approximate surface area is 215 Å². The summed E-state index contributed by atoms with van der Waals surface area (Å²) in [6.07, 6.45) is 9.40. The number of benzene rings is 2. The van der Waals surface area contributed by atoms with Crippen LogP contribution in [0.3, 0.4) is 0 Å². The quantitative estimate of drug-likeness (QED) is 0.288. The van der Waals surface area contributed by atoms with Gasteiger partial charge in [-0.25, -0.2) is 4.68 Å². The van der Waals surface area contributed by atoms with Gasteiger partial charge in [-0.3, -0.25) is 4.98 Å². The van der Waals surface area contributed by atoms with Gasteiger partial charge < -0.3 is 0 Å². The molecule has 0 unspecified atom stereocenters. The number of hydrogen-bond acceptors (Lipinski definition) is 2. The van der Waals surface area contributed by atoms with Crippen molar-refractivity contribution in [1.29, 1.82) is 0 Å². The van der Waals surface area contributed by atoms with E-state index in [2.05, 4.69) is 68.4 Å². The highest BCUT2D eigenvalue weighted by molar-refractivity contribution is 5.80. The minimum Gasteiger partial charge on any atom is -0.265 e. The number of hydrogen-bond donors (Lipinski definition) is 0. The molecule has 3 nitrogen and oxygen atoms in total. The van der Waals surface area contributed by atoms with Crippen molar-refractivity contribution in [2.45, 2.75) is 81.6 Å².